The summed E-state index contributed by atoms with van der Waals surface area (Å²) in [5.74, 6) is -1.24. The molecule has 0 aliphatic heterocycles. The second-order valence-corrected chi connectivity index (χ2v) is 10.3. The van der Waals surface area contributed by atoms with Crippen molar-refractivity contribution >= 4 is 11.9 Å². The number of hydrogen-bond acceptors (Lipinski definition) is 3. The molecule has 1 unspecified atom stereocenters. The zero-order valence-electron chi connectivity index (χ0n) is 21.7. The topological polar surface area (TPSA) is 63.6 Å². The van der Waals surface area contributed by atoms with Crippen LogP contribution in [0.2, 0.25) is 0 Å². The molecule has 1 N–H and O–H groups in total. The van der Waals surface area contributed by atoms with Crippen LogP contribution in [0.1, 0.15) is 142 Å². The van der Waals surface area contributed by atoms with Crippen molar-refractivity contribution in [2.45, 2.75) is 148 Å². The largest absolute Gasteiger partial charge is 0.481 e. The summed E-state index contributed by atoms with van der Waals surface area (Å²) in [6, 6.07) is 0. The summed E-state index contributed by atoms with van der Waals surface area (Å²) < 4.78 is 5.53. The van der Waals surface area contributed by atoms with Gasteiger partial charge in [0.2, 0.25) is 0 Å². The molecule has 4 heteroatoms. The van der Waals surface area contributed by atoms with Gasteiger partial charge in [0.1, 0.15) is 6.10 Å². The van der Waals surface area contributed by atoms with E-state index in [1.54, 1.807) is 0 Å². The van der Waals surface area contributed by atoms with Crippen LogP contribution in [-0.4, -0.2) is 23.1 Å². The lowest BCUT2D eigenvalue weighted by atomic mass is 9.89. The molecule has 192 valence electrons. The Morgan fingerprint density at radius 3 is 1.85 bits per heavy atom. The number of allylic oxidation sites excluding steroid dienone is 2. The predicted molar refractivity (Wildman–Crippen MR) is 137 cm³/mol. The molecule has 1 fully saturated rings. The van der Waals surface area contributed by atoms with E-state index in [9.17, 15) is 14.7 Å². The second-order valence-electron chi connectivity index (χ2n) is 10.3. The number of hydrogen-bond donors (Lipinski definition) is 1. The minimum absolute atomic E-state index is 0.0192. The fourth-order valence-corrected chi connectivity index (χ4v) is 4.71. The van der Waals surface area contributed by atoms with Crippen molar-refractivity contribution in [2.24, 2.45) is 11.8 Å². The molecule has 1 atom stereocenters. The molecule has 0 spiro atoms. The van der Waals surface area contributed by atoms with Crippen LogP contribution in [-0.2, 0) is 14.3 Å². The molecule has 33 heavy (non-hydrogen) atoms. The third-order valence-electron chi connectivity index (χ3n) is 7.08. The van der Waals surface area contributed by atoms with E-state index in [0.717, 1.165) is 38.5 Å². The zero-order valence-corrected chi connectivity index (χ0v) is 21.7. The first-order valence-electron chi connectivity index (χ1n) is 14.1. The Kier molecular flexibility index (Phi) is 18.1. The van der Waals surface area contributed by atoms with Crippen LogP contribution in [0.5, 0.6) is 0 Å². The van der Waals surface area contributed by atoms with Crippen molar-refractivity contribution in [1.82, 2.24) is 0 Å². The van der Waals surface area contributed by atoms with E-state index in [-0.39, 0.29) is 18.5 Å². The Morgan fingerprint density at radius 1 is 0.818 bits per heavy atom. The van der Waals surface area contributed by atoms with E-state index < -0.39 is 11.9 Å². The van der Waals surface area contributed by atoms with Crippen molar-refractivity contribution in [3.8, 4) is 0 Å². The average molecular weight is 465 g/mol. The van der Waals surface area contributed by atoms with Gasteiger partial charge in [0.05, 0.1) is 12.3 Å². The van der Waals surface area contributed by atoms with Gasteiger partial charge in [-0.25, -0.2) is 0 Å². The van der Waals surface area contributed by atoms with Gasteiger partial charge in [-0.15, -0.1) is 0 Å². The fraction of sp³-hybridized carbons (Fsp3) is 0.862. The number of carboxylic acids is 1. The summed E-state index contributed by atoms with van der Waals surface area (Å²) in [5.41, 5.74) is 0. The molecule has 1 aliphatic carbocycles. The number of carbonyl (C=O) groups excluding carboxylic acids is 1. The van der Waals surface area contributed by atoms with Crippen LogP contribution in [0.15, 0.2) is 12.2 Å². The smallest absolute Gasteiger partial charge is 0.307 e. The quantitative estimate of drug-likeness (QED) is 0.111. The van der Waals surface area contributed by atoms with Gasteiger partial charge in [0.15, 0.2) is 0 Å². The maximum absolute atomic E-state index is 12.2. The molecular formula is C29H52O4. The van der Waals surface area contributed by atoms with Crippen LogP contribution in [0.3, 0.4) is 0 Å². The van der Waals surface area contributed by atoms with Crippen LogP contribution in [0.4, 0.5) is 0 Å². The van der Waals surface area contributed by atoms with Gasteiger partial charge in [0, 0.05) is 0 Å². The molecule has 4 nitrogen and oxygen atoms in total. The molecule has 0 amide bonds. The lowest BCUT2D eigenvalue weighted by Crippen LogP contribution is -2.26. The van der Waals surface area contributed by atoms with Crippen LogP contribution >= 0.6 is 0 Å². The van der Waals surface area contributed by atoms with Crippen molar-refractivity contribution in [3.05, 3.63) is 12.2 Å². The average Bonchev–Trinajstić information content (AvgIpc) is 2.79. The SMILES string of the molecule is CCCCCCCCCCCCCCC/C=C/CC(CC(=O)OC1CCC(C)CC1)C(=O)O. The molecule has 1 saturated carbocycles. The third-order valence-corrected chi connectivity index (χ3v) is 7.08. The monoisotopic (exact) mass is 464 g/mol. The Labute approximate surface area is 203 Å². The number of carboxylic acid groups (broad SMARTS) is 1. The molecule has 0 aromatic carbocycles. The molecule has 0 aromatic heterocycles. The highest BCUT2D eigenvalue weighted by molar-refractivity contribution is 5.79. The van der Waals surface area contributed by atoms with E-state index in [1.165, 1.54) is 77.0 Å². The Bertz CT molecular complexity index is 520. The molecule has 0 radical (unpaired) electrons. The van der Waals surface area contributed by atoms with E-state index in [0.29, 0.717) is 12.3 Å². The first-order valence-corrected chi connectivity index (χ1v) is 14.1. The zero-order chi connectivity index (χ0) is 24.2. The number of aliphatic carboxylic acids is 1. The summed E-state index contributed by atoms with van der Waals surface area (Å²) >= 11 is 0. The maximum Gasteiger partial charge on any atom is 0.307 e. The van der Waals surface area contributed by atoms with Crippen LogP contribution in [0.25, 0.3) is 0 Å². The first-order chi connectivity index (χ1) is 16.0. The van der Waals surface area contributed by atoms with Gasteiger partial charge in [-0.3, -0.25) is 9.59 Å². The number of esters is 1. The van der Waals surface area contributed by atoms with Gasteiger partial charge < -0.3 is 9.84 Å². The normalized spacial score (nSPS) is 19.6. The fourth-order valence-electron chi connectivity index (χ4n) is 4.71. The summed E-state index contributed by atoms with van der Waals surface area (Å²) in [4.78, 5) is 23.7. The summed E-state index contributed by atoms with van der Waals surface area (Å²) in [6.45, 7) is 4.49. The number of rotatable bonds is 20. The number of ether oxygens (including phenoxy) is 1. The van der Waals surface area contributed by atoms with E-state index >= 15 is 0 Å². The lowest BCUT2D eigenvalue weighted by Gasteiger charge is -2.26. The Morgan fingerprint density at radius 2 is 1.33 bits per heavy atom. The van der Waals surface area contributed by atoms with Gasteiger partial charge in [-0.1, -0.05) is 103 Å². The molecule has 1 aliphatic rings. The van der Waals surface area contributed by atoms with Crippen LogP contribution in [0, 0.1) is 11.8 Å². The predicted octanol–water partition coefficient (Wildman–Crippen LogP) is 8.63. The molecular weight excluding hydrogens is 412 g/mol. The minimum atomic E-state index is -0.908. The van der Waals surface area contributed by atoms with Gasteiger partial charge in [0.25, 0.3) is 0 Å². The van der Waals surface area contributed by atoms with E-state index in [1.807, 2.05) is 6.08 Å². The Balaban J connectivity index is 2.00. The van der Waals surface area contributed by atoms with Crippen molar-refractivity contribution in [2.75, 3.05) is 0 Å². The summed E-state index contributed by atoms with van der Waals surface area (Å²) in [7, 11) is 0. The van der Waals surface area contributed by atoms with Crippen molar-refractivity contribution in [3.63, 3.8) is 0 Å². The van der Waals surface area contributed by atoms with Crippen molar-refractivity contribution < 1.29 is 19.4 Å². The number of carbonyl (C=O) groups is 2. The van der Waals surface area contributed by atoms with Gasteiger partial charge in [-0.2, -0.15) is 0 Å². The van der Waals surface area contributed by atoms with E-state index in [2.05, 4.69) is 19.9 Å². The third kappa shape index (κ3) is 16.9. The molecule has 0 aromatic rings. The highest BCUT2D eigenvalue weighted by Gasteiger charge is 2.25. The molecule has 0 saturated heterocycles. The Hall–Kier alpha value is -1.32. The highest BCUT2D eigenvalue weighted by Crippen LogP contribution is 2.26. The highest BCUT2D eigenvalue weighted by atomic mass is 16.5. The molecule has 0 heterocycles. The standard InChI is InChI=1S/C29H52O4/c1-3-4-5-6-7-8-9-10-11-12-13-14-15-16-17-18-19-26(29(31)32)24-28(30)33-27-22-20-25(2)21-23-27/h17-18,25-27H,3-16,19-24H2,1-2H3,(H,31,32)/b18-17+. The molecule has 0 bridgehead atoms. The minimum Gasteiger partial charge on any atom is -0.481 e. The number of unbranched alkanes of at least 4 members (excludes halogenated alkanes) is 13. The maximum atomic E-state index is 12.2. The molecule has 1 rings (SSSR count). The van der Waals surface area contributed by atoms with Crippen LogP contribution < -0.4 is 0 Å². The first kappa shape index (κ1) is 29.7. The summed E-state index contributed by atoms with van der Waals surface area (Å²) in [6.07, 6.45) is 26.9. The van der Waals surface area contributed by atoms with E-state index in [4.69, 9.17) is 4.74 Å². The van der Waals surface area contributed by atoms with Gasteiger partial charge in [-0.05, 0) is 50.9 Å². The second kappa shape index (κ2) is 20.1. The van der Waals surface area contributed by atoms with Crippen molar-refractivity contribution in [1.29, 1.82) is 0 Å². The van der Waals surface area contributed by atoms with Gasteiger partial charge >= 0.3 is 11.9 Å². The lowest BCUT2D eigenvalue weighted by molar-refractivity contribution is -0.156. The summed E-state index contributed by atoms with van der Waals surface area (Å²) in [5, 5.41) is 9.45.